The van der Waals surface area contributed by atoms with Crippen molar-refractivity contribution in [3.63, 3.8) is 0 Å². The smallest absolute Gasteiger partial charge is 0.338 e. The van der Waals surface area contributed by atoms with Crippen molar-refractivity contribution >= 4 is 11.9 Å². The summed E-state index contributed by atoms with van der Waals surface area (Å²) < 4.78 is 5.06. The van der Waals surface area contributed by atoms with Crippen molar-refractivity contribution in [2.24, 2.45) is 5.92 Å². The van der Waals surface area contributed by atoms with Crippen LogP contribution in [-0.4, -0.2) is 59.5 Å². The fraction of sp³-hybridized carbons (Fsp3) is 0.571. The van der Waals surface area contributed by atoms with Crippen LogP contribution in [0, 0.1) is 5.92 Å². The van der Waals surface area contributed by atoms with Crippen molar-refractivity contribution in [2.75, 3.05) is 32.7 Å². The fourth-order valence-corrected chi connectivity index (χ4v) is 2.52. The van der Waals surface area contributed by atoms with Gasteiger partial charge in [0.05, 0.1) is 5.56 Å². The van der Waals surface area contributed by atoms with Crippen LogP contribution in [0.4, 0.5) is 0 Å². The third-order valence-electron chi connectivity index (χ3n) is 3.93. The Hall–Kier alpha value is -1.82. The van der Waals surface area contributed by atoms with Gasteiger partial charge < -0.3 is 14.4 Å². The molecule has 1 aliphatic carbocycles. The zero-order valence-corrected chi connectivity index (χ0v) is 11.2. The second-order valence-electron chi connectivity index (χ2n) is 5.54. The van der Waals surface area contributed by atoms with E-state index < -0.39 is 5.97 Å². The zero-order valence-electron chi connectivity index (χ0n) is 11.2. The Labute approximate surface area is 117 Å². The monoisotopic (exact) mass is 278 g/mol. The second kappa shape index (κ2) is 5.28. The third kappa shape index (κ3) is 2.85. The Balaban J connectivity index is 1.56. The van der Waals surface area contributed by atoms with Crippen LogP contribution >= 0.6 is 0 Å². The lowest BCUT2D eigenvalue weighted by Crippen LogP contribution is -2.49. The summed E-state index contributed by atoms with van der Waals surface area (Å²) in [7, 11) is 0. The number of aromatic carboxylic acids is 1. The number of amides is 1. The normalized spacial score (nSPS) is 20.1. The minimum absolute atomic E-state index is 0.0146. The summed E-state index contributed by atoms with van der Waals surface area (Å²) in [5.41, 5.74) is 0.0146. The molecule has 6 nitrogen and oxygen atoms in total. The molecular weight excluding hydrogens is 260 g/mol. The Kier molecular flexibility index (Phi) is 3.48. The summed E-state index contributed by atoms with van der Waals surface area (Å²) in [4.78, 5) is 27.1. The molecule has 1 aliphatic heterocycles. The van der Waals surface area contributed by atoms with Crippen LogP contribution in [0.5, 0.6) is 0 Å². The number of hydrogen-bond donors (Lipinski definition) is 1. The summed E-state index contributed by atoms with van der Waals surface area (Å²) in [5, 5.41) is 8.82. The first kappa shape index (κ1) is 13.2. The van der Waals surface area contributed by atoms with Crippen molar-refractivity contribution in [2.45, 2.75) is 12.8 Å². The first-order valence-corrected chi connectivity index (χ1v) is 6.97. The number of rotatable bonds is 4. The minimum atomic E-state index is -1.08. The summed E-state index contributed by atoms with van der Waals surface area (Å²) in [5.74, 6) is -0.330. The van der Waals surface area contributed by atoms with Gasteiger partial charge in [0.2, 0.25) is 0 Å². The summed E-state index contributed by atoms with van der Waals surface area (Å²) in [6.45, 7) is 4.26. The Bertz CT molecular complexity index is 513. The molecule has 3 rings (SSSR count). The summed E-state index contributed by atoms with van der Waals surface area (Å²) in [6, 6.07) is 1.29. The minimum Gasteiger partial charge on any atom is -0.478 e. The van der Waals surface area contributed by atoms with Gasteiger partial charge in [-0.1, -0.05) is 0 Å². The van der Waals surface area contributed by atoms with Crippen molar-refractivity contribution in [3.05, 3.63) is 23.7 Å². The van der Waals surface area contributed by atoms with Crippen molar-refractivity contribution in [1.82, 2.24) is 9.80 Å². The number of carboxylic acid groups (broad SMARTS) is 1. The van der Waals surface area contributed by atoms with E-state index in [0.29, 0.717) is 13.1 Å². The third-order valence-corrected chi connectivity index (χ3v) is 3.93. The number of carboxylic acids is 1. The van der Waals surface area contributed by atoms with Gasteiger partial charge >= 0.3 is 5.97 Å². The molecule has 0 atom stereocenters. The van der Waals surface area contributed by atoms with E-state index in [-0.39, 0.29) is 17.2 Å². The van der Waals surface area contributed by atoms with Gasteiger partial charge in [0, 0.05) is 38.8 Å². The maximum absolute atomic E-state index is 12.2. The molecule has 108 valence electrons. The second-order valence-corrected chi connectivity index (χ2v) is 5.54. The Morgan fingerprint density at radius 3 is 2.50 bits per heavy atom. The molecule has 1 amide bonds. The molecule has 1 saturated carbocycles. The van der Waals surface area contributed by atoms with Crippen LogP contribution in [0.1, 0.15) is 33.8 Å². The van der Waals surface area contributed by atoms with Crippen LogP contribution in [0.2, 0.25) is 0 Å². The molecule has 20 heavy (non-hydrogen) atoms. The van der Waals surface area contributed by atoms with Crippen LogP contribution in [0.15, 0.2) is 16.7 Å². The maximum Gasteiger partial charge on any atom is 0.338 e. The van der Waals surface area contributed by atoms with Crippen molar-refractivity contribution in [3.8, 4) is 0 Å². The van der Waals surface area contributed by atoms with E-state index in [0.717, 1.165) is 31.8 Å². The topological polar surface area (TPSA) is 74.0 Å². The molecule has 2 aliphatic rings. The number of carbonyl (C=O) groups excluding carboxylic acids is 1. The molecule has 2 heterocycles. The molecular formula is C14H18N2O4. The number of furan rings is 1. The SMILES string of the molecule is O=C(O)c1coc(C(=O)N2CCN(CC3CC3)CC2)c1. The highest BCUT2D eigenvalue weighted by molar-refractivity contribution is 5.95. The molecule has 0 aromatic carbocycles. The Morgan fingerprint density at radius 2 is 1.95 bits per heavy atom. The van der Waals surface area contributed by atoms with Gasteiger partial charge in [0.25, 0.3) is 5.91 Å². The van der Waals surface area contributed by atoms with Gasteiger partial charge in [-0.05, 0) is 18.8 Å². The summed E-state index contributed by atoms with van der Waals surface area (Å²) >= 11 is 0. The van der Waals surface area contributed by atoms with E-state index in [9.17, 15) is 9.59 Å². The lowest BCUT2D eigenvalue weighted by molar-refractivity contribution is 0.0600. The van der Waals surface area contributed by atoms with Gasteiger partial charge in [-0.2, -0.15) is 0 Å². The molecule has 0 spiro atoms. The summed E-state index contributed by atoms with van der Waals surface area (Å²) in [6.07, 6.45) is 3.78. The lowest BCUT2D eigenvalue weighted by Gasteiger charge is -2.34. The standard InChI is InChI=1S/C14H18N2O4/c17-13(12-7-11(9-20-12)14(18)19)16-5-3-15(4-6-16)8-10-1-2-10/h7,9-10H,1-6,8H2,(H,18,19). The number of piperazine rings is 1. The molecule has 6 heteroatoms. The highest BCUT2D eigenvalue weighted by atomic mass is 16.4. The average molecular weight is 278 g/mol. The molecule has 1 aromatic rings. The first-order valence-electron chi connectivity index (χ1n) is 6.97. The van der Waals surface area contributed by atoms with E-state index in [1.165, 1.54) is 18.9 Å². The quantitative estimate of drug-likeness (QED) is 0.894. The maximum atomic E-state index is 12.2. The van der Waals surface area contributed by atoms with E-state index in [4.69, 9.17) is 9.52 Å². The average Bonchev–Trinajstić information content (AvgIpc) is 3.11. The molecule has 0 unspecified atom stereocenters. The predicted octanol–water partition coefficient (Wildman–Crippen LogP) is 1.15. The largest absolute Gasteiger partial charge is 0.478 e. The van der Waals surface area contributed by atoms with Gasteiger partial charge in [-0.15, -0.1) is 0 Å². The van der Waals surface area contributed by atoms with Gasteiger partial charge in [0.15, 0.2) is 5.76 Å². The Morgan fingerprint density at radius 1 is 1.25 bits per heavy atom. The number of carbonyl (C=O) groups is 2. The van der Waals surface area contributed by atoms with Crippen LogP contribution < -0.4 is 0 Å². The van der Waals surface area contributed by atoms with E-state index in [1.807, 2.05) is 0 Å². The highest BCUT2D eigenvalue weighted by Crippen LogP contribution is 2.30. The molecule has 1 aromatic heterocycles. The predicted molar refractivity (Wildman–Crippen MR) is 70.7 cm³/mol. The lowest BCUT2D eigenvalue weighted by atomic mass is 10.2. The first-order chi connectivity index (χ1) is 9.63. The van der Waals surface area contributed by atoms with Gasteiger partial charge in [0.1, 0.15) is 6.26 Å². The van der Waals surface area contributed by atoms with Crippen LogP contribution in [0.3, 0.4) is 0 Å². The zero-order chi connectivity index (χ0) is 14.1. The van der Waals surface area contributed by atoms with Crippen molar-refractivity contribution in [1.29, 1.82) is 0 Å². The van der Waals surface area contributed by atoms with E-state index in [2.05, 4.69) is 4.90 Å². The molecule has 2 fully saturated rings. The van der Waals surface area contributed by atoms with Crippen LogP contribution in [0.25, 0.3) is 0 Å². The molecule has 1 N–H and O–H groups in total. The van der Waals surface area contributed by atoms with Crippen LogP contribution in [-0.2, 0) is 0 Å². The molecule has 0 radical (unpaired) electrons. The molecule has 1 saturated heterocycles. The highest BCUT2D eigenvalue weighted by Gasteiger charge is 2.28. The van der Waals surface area contributed by atoms with Gasteiger partial charge in [-0.25, -0.2) is 4.79 Å². The van der Waals surface area contributed by atoms with Crippen molar-refractivity contribution < 1.29 is 19.1 Å². The van der Waals surface area contributed by atoms with E-state index >= 15 is 0 Å². The molecule has 0 bridgehead atoms. The van der Waals surface area contributed by atoms with E-state index in [1.54, 1.807) is 4.90 Å². The fourth-order valence-electron chi connectivity index (χ4n) is 2.52. The number of hydrogen-bond acceptors (Lipinski definition) is 4. The van der Waals surface area contributed by atoms with Gasteiger partial charge in [-0.3, -0.25) is 9.69 Å². The number of nitrogens with zero attached hydrogens (tertiary/aromatic N) is 2.